The van der Waals surface area contributed by atoms with E-state index >= 15 is 0 Å². The molecule has 1 aromatic carbocycles. The number of rotatable bonds is 3. The third-order valence-electron chi connectivity index (χ3n) is 5.03. The van der Waals surface area contributed by atoms with Crippen molar-refractivity contribution in [3.05, 3.63) is 66.4 Å². The summed E-state index contributed by atoms with van der Waals surface area (Å²) in [5.74, 6) is 0.275. The Morgan fingerprint density at radius 2 is 1.89 bits per heavy atom. The number of hydrogen-bond donors (Lipinski definition) is 0. The van der Waals surface area contributed by atoms with Crippen molar-refractivity contribution in [1.82, 2.24) is 19.7 Å². The van der Waals surface area contributed by atoms with Crippen molar-refractivity contribution in [3.8, 4) is 16.9 Å². The molecule has 3 aromatic rings. The van der Waals surface area contributed by atoms with E-state index in [2.05, 4.69) is 17.0 Å². The van der Waals surface area contributed by atoms with Crippen LogP contribution in [0.5, 0.6) is 0 Å². The Labute approximate surface area is 157 Å². The second kappa shape index (κ2) is 7.31. The van der Waals surface area contributed by atoms with Gasteiger partial charge < -0.3 is 4.90 Å². The van der Waals surface area contributed by atoms with Crippen molar-refractivity contribution >= 4 is 5.91 Å². The number of amides is 1. The first-order chi connectivity index (χ1) is 13.1. The summed E-state index contributed by atoms with van der Waals surface area (Å²) < 4.78 is 15.0. The minimum absolute atomic E-state index is 0.0621. The van der Waals surface area contributed by atoms with Crippen LogP contribution in [0.3, 0.4) is 0 Å². The van der Waals surface area contributed by atoms with E-state index in [9.17, 15) is 9.18 Å². The molecule has 1 amide bonds. The van der Waals surface area contributed by atoms with Gasteiger partial charge in [0, 0.05) is 31.0 Å². The summed E-state index contributed by atoms with van der Waals surface area (Å²) in [6.07, 6.45) is 5.46. The van der Waals surface area contributed by atoms with Crippen LogP contribution in [0.1, 0.15) is 30.3 Å². The largest absolute Gasteiger partial charge is 0.337 e. The molecule has 0 spiro atoms. The lowest BCUT2D eigenvalue weighted by atomic mass is 9.99. The van der Waals surface area contributed by atoms with Gasteiger partial charge in [-0.25, -0.2) is 9.07 Å². The number of benzene rings is 1. The first kappa shape index (κ1) is 17.4. The molecule has 0 N–H and O–H groups in total. The van der Waals surface area contributed by atoms with E-state index in [4.69, 9.17) is 0 Å². The van der Waals surface area contributed by atoms with E-state index in [0.717, 1.165) is 37.2 Å². The van der Waals surface area contributed by atoms with E-state index in [1.807, 2.05) is 17.0 Å². The zero-order valence-electron chi connectivity index (χ0n) is 15.2. The number of pyridine rings is 1. The Bertz CT molecular complexity index is 929. The molecule has 0 aliphatic carbocycles. The van der Waals surface area contributed by atoms with Gasteiger partial charge in [-0.15, -0.1) is 0 Å². The van der Waals surface area contributed by atoms with Crippen molar-refractivity contribution in [2.24, 2.45) is 5.92 Å². The number of carbonyl (C=O) groups is 1. The molecule has 0 bridgehead atoms. The molecule has 0 atom stereocenters. The number of nitrogens with zero attached hydrogens (tertiary/aromatic N) is 4. The molecule has 1 aliphatic heterocycles. The predicted octanol–water partition coefficient (Wildman–Crippen LogP) is 3.95. The summed E-state index contributed by atoms with van der Waals surface area (Å²) in [4.78, 5) is 19.0. The van der Waals surface area contributed by atoms with Gasteiger partial charge in [0.05, 0.1) is 11.4 Å². The zero-order valence-corrected chi connectivity index (χ0v) is 15.2. The Morgan fingerprint density at radius 3 is 2.56 bits per heavy atom. The minimum atomic E-state index is -0.312. The quantitative estimate of drug-likeness (QED) is 0.707. The average Bonchev–Trinajstić information content (AvgIpc) is 3.15. The number of piperidine rings is 1. The number of aromatic nitrogens is 3. The van der Waals surface area contributed by atoms with Gasteiger partial charge in [0.2, 0.25) is 0 Å². The van der Waals surface area contributed by atoms with Crippen LogP contribution >= 0.6 is 0 Å². The van der Waals surface area contributed by atoms with Crippen molar-refractivity contribution in [2.75, 3.05) is 13.1 Å². The first-order valence-electron chi connectivity index (χ1n) is 9.17. The Morgan fingerprint density at radius 1 is 1.15 bits per heavy atom. The monoisotopic (exact) mass is 364 g/mol. The van der Waals surface area contributed by atoms with E-state index in [0.29, 0.717) is 17.3 Å². The summed E-state index contributed by atoms with van der Waals surface area (Å²) in [6, 6.07) is 11.6. The highest BCUT2D eigenvalue weighted by atomic mass is 19.1. The van der Waals surface area contributed by atoms with Gasteiger partial charge in [-0.2, -0.15) is 5.10 Å². The van der Waals surface area contributed by atoms with E-state index in [1.54, 1.807) is 35.3 Å². The molecule has 1 aliphatic rings. The molecule has 3 heterocycles. The lowest BCUT2D eigenvalue weighted by Crippen LogP contribution is -2.38. The highest BCUT2D eigenvalue weighted by Gasteiger charge is 2.25. The standard InChI is InChI=1S/C21H21FN4O/c1-15-8-11-25(12-9-15)21(27)19-13-20(16-3-2-10-23-14-16)26(24-19)18-6-4-17(22)5-7-18/h2-7,10,13-15H,8-9,11-12H2,1H3. The molecule has 0 radical (unpaired) electrons. The van der Waals surface area contributed by atoms with Gasteiger partial charge in [0.15, 0.2) is 5.69 Å². The van der Waals surface area contributed by atoms with Crippen LogP contribution in [0.2, 0.25) is 0 Å². The van der Waals surface area contributed by atoms with Crippen molar-refractivity contribution in [3.63, 3.8) is 0 Å². The molecule has 0 unspecified atom stereocenters. The van der Waals surface area contributed by atoms with Gasteiger partial charge in [0.1, 0.15) is 5.82 Å². The zero-order chi connectivity index (χ0) is 18.8. The summed E-state index contributed by atoms with van der Waals surface area (Å²) in [5.41, 5.74) is 2.69. The second-order valence-electron chi connectivity index (χ2n) is 7.02. The van der Waals surface area contributed by atoms with Gasteiger partial charge in [-0.05, 0) is 61.2 Å². The number of carbonyl (C=O) groups excluding carboxylic acids is 1. The first-order valence-corrected chi connectivity index (χ1v) is 9.17. The smallest absolute Gasteiger partial charge is 0.274 e. The summed E-state index contributed by atoms with van der Waals surface area (Å²) in [7, 11) is 0. The van der Waals surface area contributed by atoms with Crippen LogP contribution in [-0.2, 0) is 0 Å². The number of halogens is 1. The SMILES string of the molecule is CC1CCN(C(=O)c2cc(-c3cccnc3)n(-c3ccc(F)cc3)n2)CC1. The van der Waals surface area contributed by atoms with Crippen LogP contribution in [0.4, 0.5) is 4.39 Å². The Hall–Kier alpha value is -3.02. The van der Waals surface area contributed by atoms with Crippen molar-refractivity contribution in [1.29, 1.82) is 0 Å². The lowest BCUT2D eigenvalue weighted by molar-refractivity contribution is 0.0691. The molecule has 6 heteroatoms. The molecule has 1 fully saturated rings. The fourth-order valence-electron chi connectivity index (χ4n) is 3.36. The average molecular weight is 364 g/mol. The topological polar surface area (TPSA) is 51.0 Å². The van der Waals surface area contributed by atoms with Crippen LogP contribution in [-0.4, -0.2) is 38.7 Å². The van der Waals surface area contributed by atoms with Crippen LogP contribution in [0, 0.1) is 11.7 Å². The molecule has 2 aromatic heterocycles. The fraction of sp³-hybridized carbons (Fsp3) is 0.286. The van der Waals surface area contributed by atoms with Crippen LogP contribution < -0.4 is 0 Å². The summed E-state index contributed by atoms with van der Waals surface area (Å²) in [5, 5.41) is 4.56. The Balaban J connectivity index is 1.73. The third-order valence-corrected chi connectivity index (χ3v) is 5.03. The maximum absolute atomic E-state index is 13.3. The molecule has 0 saturated carbocycles. The van der Waals surface area contributed by atoms with Crippen LogP contribution in [0.15, 0.2) is 54.9 Å². The highest BCUT2D eigenvalue weighted by Crippen LogP contribution is 2.25. The Kier molecular flexibility index (Phi) is 4.71. The summed E-state index contributed by atoms with van der Waals surface area (Å²) in [6.45, 7) is 3.73. The maximum Gasteiger partial charge on any atom is 0.274 e. The highest BCUT2D eigenvalue weighted by molar-refractivity contribution is 5.93. The molecule has 4 rings (SSSR count). The second-order valence-corrected chi connectivity index (χ2v) is 7.02. The summed E-state index contributed by atoms with van der Waals surface area (Å²) >= 11 is 0. The van der Waals surface area contributed by atoms with E-state index < -0.39 is 0 Å². The minimum Gasteiger partial charge on any atom is -0.337 e. The maximum atomic E-state index is 13.3. The lowest BCUT2D eigenvalue weighted by Gasteiger charge is -2.29. The molecule has 27 heavy (non-hydrogen) atoms. The number of hydrogen-bond acceptors (Lipinski definition) is 3. The van der Waals surface area contributed by atoms with E-state index in [-0.39, 0.29) is 11.7 Å². The van der Waals surface area contributed by atoms with Gasteiger partial charge in [0.25, 0.3) is 5.91 Å². The van der Waals surface area contributed by atoms with Crippen LogP contribution in [0.25, 0.3) is 16.9 Å². The van der Waals surface area contributed by atoms with Crippen molar-refractivity contribution < 1.29 is 9.18 Å². The van der Waals surface area contributed by atoms with Gasteiger partial charge >= 0.3 is 0 Å². The molecule has 5 nitrogen and oxygen atoms in total. The van der Waals surface area contributed by atoms with E-state index in [1.165, 1.54) is 12.1 Å². The fourth-order valence-corrected chi connectivity index (χ4v) is 3.36. The number of likely N-dealkylation sites (tertiary alicyclic amines) is 1. The third kappa shape index (κ3) is 3.60. The van der Waals surface area contributed by atoms with Gasteiger partial charge in [-0.1, -0.05) is 6.92 Å². The molecular weight excluding hydrogens is 343 g/mol. The molecule has 138 valence electrons. The predicted molar refractivity (Wildman–Crippen MR) is 101 cm³/mol. The van der Waals surface area contributed by atoms with Gasteiger partial charge in [-0.3, -0.25) is 9.78 Å². The van der Waals surface area contributed by atoms with Crippen molar-refractivity contribution in [2.45, 2.75) is 19.8 Å². The molecular formula is C21H21FN4O. The molecule has 1 saturated heterocycles. The normalized spacial score (nSPS) is 15.1.